The minimum absolute atomic E-state index is 0.0675. The molecule has 0 saturated heterocycles. The van der Waals surface area contributed by atoms with Crippen molar-refractivity contribution in [3.63, 3.8) is 0 Å². The van der Waals surface area contributed by atoms with E-state index in [4.69, 9.17) is 4.74 Å². The zero-order valence-electron chi connectivity index (χ0n) is 11.3. The lowest BCUT2D eigenvalue weighted by Gasteiger charge is -2.09. The molecule has 0 fully saturated rings. The van der Waals surface area contributed by atoms with Crippen molar-refractivity contribution in [3.05, 3.63) is 90.1 Å². The number of pyridine rings is 1. The topological polar surface area (TPSA) is 39.2 Å². The van der Waals surface area contributed by atoms with Gasteiger partial charge in [-0.3, -0.25) is 4.79 Å². The first-order chi connectivity index (χ1) is 10.3. The van der Waals surface area contributed by atoms with E-state index in [-0.39, 0.29) is 5.78 Å². The molecular formula is C18H13NO2. The molecule has 3 heteroatoms. The Kier molecular flexibility index (Phi) is 3.74. The van der Waals surface area contributed by atoms with Gasteiger partial charge < -0.3 is 4.74 Å². The second kappa shape index (κ2) is 6.01. The standard InChI is InChI=1S/C18H13NO2/c20-18(14-8-2-1-3-9-14)15-10-4-5-11-16(15)21-17-12-6-7-13-19-17/h1-13H. The Hall–Kier alpha value is -2.94. The fourth-order valence-corrected chi connectivity index (χ4v) is 2.01. The quantitative estimate of drug-likeness (QED) is 0.673. The number of ketones is 1. The van der Waals surface area contributed by atoms with Gasteiger partial charge in [-0.1, -0.05) is 48.5 Å². The molecule has 0 aliphatic carbocycles. The zero-order chi connectivity index (χ0) is 14.5. The average molecular weight is 275 g/mol. The van der Waals surface area contributed by atoms with E-state index < -0.39 is 0 Å². The van der Waals surface area contributed by atoms with Crippen molar-refractivity contribution in [3.8, 4) is 11.6 Å². The molecule has 0 amide bonds. The summed E-state index contributed by atoms with van der Waals surface area (Å²) in [4.78, 5) is 16.7. The number of carbonyl (C=O) groups excluding carboxylic acids is 1. The maximum Gasteiger partial charge on any atom is 0.219 e. The summed E-state index contributed by atoms with van der Waals surface area (Å²) >= 11 is 0. The Morgan fingerprint density at radius 3 is 2.29 bits per heavy atom. The van der Waals surface area contributed by atoms with Gasteiger partial charge in [0.2, 0.25) is 5.88 Å². The van der Waals surface area contributed by atoms with Gasteiger partial charge in [-0.15, -0.1) is 0 Å². The van der Waals surface area contributed by atoms with Gasteiger partial charge in [0.05, 0.1) is 5.56 Å². The number of hydrogen-bond donors (Lipinski definition) is 0. The van der Waals surface area contributed by atoms with Gasteiger partial charge in [0, 0.05) is 17.8 Å². The molecule has 1 heterocycles. The van der Waals surface area contributed by atoms with Crippen LogP contribution in [0.4, 0.5) is 0 Å². The predicted octanol–water partition coefficient (Wildman–Crippen LogP) is 4.10. The maximum absolute atomic E-state index is 12.6. The van der Waals surface area contributed by atoms with Crippen LogP contribution in [0.5, 0.6) is 11.6 Å². The molecule has 2 aromatic carbocycles. The van der Waals surface area contributed by atoms with Crippen molar-refractivity contribution in [2.75, 3.05) is 0 Å². The summed E-state index contributed by atoms with van der Waals surface area (Å²) in [5.74, 6) is 0.901. The Balaban J connectivity index is 1.95. The van der Waals surface area contributed by atoms with Crippen LogP contribution in [0, 0.1) is 0 Å². The SMILES string of the molecule is O=C(c1ccccc1)c1ccccc1Oc1ccccn1. The summed E-state index contributed by atoms with van der Waals surface area (Å²) in [6.45, 7) is 0. The van der Waals surface area contributed by atoms with Gasteiger partial charge in [0.1, 0.15) is 5.75 Å². The van der Waals surface area contributed by atoms with Crippen LogP contribution in [0.1, 0.15) is 15.9 Å². The highest BCUT2D eigenvalue weighted by Crippen LogP contribution is 2.25. The molecule has 0 N–H and O–H groups in total. The first-order valence-electron chi connectivity index (χ1n) is 6.62. The molecule has 0 radical (unpaired) electrons. The minimum atomic E-state index is -0.0675. The maximum atomic E-state index is 12.6. The van der Waals surface area contributed by atoms with Crippen molar-refractivity contribution < 1.29 is 9.53 Å². The molecule has 0 unspecified atom stereocenters. The highest BCUT2D eigenvalue weighted by molar-refractivity contribution is 6.10. The number of nitrogens with zero attached hydrogens (tertiary/aromatic N) is 1. The Labute approximate surface area is 122 Å². The van der Waals surface area contributed by atoms with Gasteiger partial charge in [-0.05, 0) is 18.2 Å². The molecular weight excluding hydrogens is 262 g/mol. The van der Waals surface area contributed by atoms with E-state index in [0.717, 1.165) is 0 Å². The molecule has 3 nitrogen and oxygen atoms in total. The van der Waals surface area contributed by atoms with E-state index in [1.54, 1.807) is 36.5 Å². The van der Waals surface area contributed by atoms with Gasteiger partial charge in [0.25, 0.3) is 0 Å². The lowest BCUT2D eigenvalue weighted by atomic mass is 10.0. The molecule has 3 rings (SSSR count). The molecule has 0 atom stereocenters. The average Bonchev–Trinajstić information content (AvgIpc) is 2.56. The van der Waals surface area contributed by atoms with Crippen molar-refractivity contribution in [2.45, 2.75) is 0 Å². The highest BCUT2D eigenvalue weighted by Gasteiger charge is 2.14. The molecule has 102 valence electrons. The molecule has 0 aliphatic heterocycles. The number of benzene rings is 2. The second-order valence-corrected chi connectivity index (χ2v) is 4.46. The van der Waals surface area contributed by atoms with E-state index in [2.05, 4.69) is 4.98 Å². The molecule has 3 aromatic rings. The van der Waals surface area contributed by atoms with E-state index >= 15 is 0 Å². The number of aromatic nitrogens is 1. The summed E-state index contributed by atoms with van der Waals surface area (Å²) in [6.07, 6.45) is 1.65. The van der Waals surface area contributed by atoms with E-state index in [1.165, 1.54) is 0 Å². The fraction of sp³-hybridized carbons (Fsp3) is 0. The number of rotatable bonds is 4. The molecule has 0 bridgehead atoms. The van der Waals surface area contributed by atoms with Gasteiger partial charge >= 0.3 is 0 Å². The molecule has 0 aliphatic rings. The lowest BCUT2D eigenvalue weighted by Crippen LogP contribution is -2.03. The molecule has 1 aromatic heterocycles. The Morgan fingerprint density at radius 1 is 0.810 bits per heavy atom. The summed E-state index contributed by atoms with van der Waals surface area (Å²) in [5, 5.41) is 0. The number of para-hydroxylation sites is 1. The summed E-state index contributed by atoms with van der Waals surface area (Å²) in [7, 11) is 0. The monoisotopic (exact) mass is 275 g/mol. The lowest BCUT2D eigenvalue weighted by molar-refractivity contribution is 0.103. The van der Waals surface area contributed by atoms with Crippen LogP contribution in [0.2, 0.25) is 0 Å². The fourth-order valence-electron chi connectivity index (χ4n) is 2.01. The van der Waals surface area contributed by atoms with Crippen LogP contribution in [0.25, 0.3) is 0 Å². The summed E-state index contributed by atoms with van der Waals surface area (Å²) in [5.41, 5.74) is 1.16. The largest absolute Gasteiger partial charge is 0.438 e. The number of ether oxygens (including phenoxy) is 1. The van der Waals surface area contributed by atoms with E-state index in [9.17, 15) is 4.79 Å². The third kappa shape index (κ3) is 2.98. The highest BCUT2D eigenvalue weighted by atomic mass is 16.5. The Morgan fingerprint density at radius 2 is 1.52 bits per heavy atom. The molecule has 0 spiro atoms. The van der Waals surface area contributed by atoms with Crippen molar-refractivity contribution in [1.29, 1.82) is 0 Å². The smallest absolute Gasteiger partial charge is 0.219 e. The predicted molar refractivity (Wildman–Crippen MR) is 80.6 cm³/mol. The van der Waals surface area contributed by atoms with Crippen molar-refractivity contribution >= 4 is 5.78 Å². The minimum Gasteiger partial charge on any atom is -0.438 e. The van der Waals surface area contributed by atoms with E-state index in [1.807, 2.05) is 42.5 Å². The second-order valence-electron chi connectivity index (χ2n) is 4.46. The Bertz CT molecular complexity index is 739. The van der Waals surface area contributed by atoms with Crippen molar-refractivity contribution in [1.82, 2.24) is 4.98 Å². The van der Waals surface area contributed by atoms with Gasteiger partial charge in [0.15, 0.2) is 5.78 Å². The van der Waals surface area contributed by atoms with Crippen LogP contribution < -0.4 is 4.74 Å². The first-order valence-corrected chi connectivity index (χ1v) is 6.62. The van der Waals surface area contributed by atoms with Crippen LogP contribution in [0.3, 0.4) is 0 Å². The molecule has 21 heavy (non-hydrogen) atoms. The van der Waals surface area contributed by atoms with Crippen LogP contribution in [-0.2, 0) is 0 Å². The van der Waals surface area contributed by atoms with Gasteiger partial charge in [-0.25, -0.2) is 4.98 Å². The van der Waals surface area contributed by atoms with Crippen LogP contribution in [0.15, 0.2) is 79.0 Å². The number of carbonyl (C=O) groups is 1. The third-order valence-corrected chi connectivity index (χ3v) is 3.02. The van der Waals surface area contributed by atoms with Crippen molar-refractivity contribution in [2.24, 2.45) is 0 Å². The van der Waals surface area contributed by atoms with Crippen LogP contribution in [-0.4, -0.2) is 10.8 Å². The van der Waals surface area contributed by atoms with Crippen LogP contribution >= 0.6 is 0 Å². The van der Waals surface area contributed by atoms with E-state index in [0.29, 0.717) is 22.8 Å². The molecule has 0 saturated carbocycles. The first kappa shape index (κ1) is 13.1. The summed E-state index contributed by atoms with van der Waals surface area (Å²) in [6, 6.07) is 21.7. The number of hydrogen-bond acceptors (Lipinski definition) is 3. The third-order valence-electron chi connectivity index (χ3n) is 3.02. The zero-order valence-corrected chi connectivity index (χ0v) is 11.3. The van der Waals surface area contributed by atoms with Gasteiger partial charge in [-0.2, -0.15) is 0 Å². The normalized spacial score (nSPS) is 10.1. The summed E-state index contributed by atoms with van der Waals surface area (Å²) < 4.78 is 5.72.